The molecule has 3 aromatic heterocycles. The molecule has 0 bridgehead atoms. The molecule has 0 unspecified atom stereocenters. The Morgan fingerprint density at radius 2 is 1.08 bits per heavy atom. The first-order valence-electron chi connectivity index (χ1n) is 19.7. The number of aryl methyl sites for hydroxylation is 2. The van der Waals surface area contributed by atoms with Gasteiger partial charge >= 0.3 is 0 Å². The molecule has 1 radical (unpaired) electrons. The van der Waals surface area contributed by atoms with E-state index in [4.69, 9.17) is 9.97 Å². The average Bonchev–Trinajstić information content (AvgIpc) is 3.27. The normalized spacial score (nSPS) is 11.0. The van der Waals surface area contributed by atoms with Gasteiger partial charge in [0.15, 0.2) is 0 Å². The van der Waals surface area contributed by atoms with Crippen LogP contribution in [0, 0.1) is 26.0 Å². The number of benzene rings is 6. The van der Waals surface area contributed by atoms with Gasteiger partial charge in [0, 0.05) is 44.1 Å². The summed E-state index contributed by atoms with van der Waals surface area (Å²) in [5.74, 6) is 0. The van der Waals surface area contributed by atoms with E-state index in [1.165, 1.54) is 44.5 Å². The van der Waals surface area contributed by atoms with Gasteiger partial charge in [-0.15, -0.1) is 65.7 Å². The van der Waals surface area contributed by atoms with Crippen LogP contribution < -0.4 is 0 Å². The Balaban J connectivity index is 0.000000321. The molecular formula is C55H45IrN3-2. The maximum absolute atomic E-state index is 4.94. The van der Waals surface area contributed by atoms with Gasteiger partial charge in [-0.1, -0.05) is 122 Å². The molecule has 4 heteroatoms. The van der Waals surface area contributed by atoms with Crippen LogP contribution in [0.1, 0.15) is 37.5 Å². The summed E-state index contributed by atoms with van der Waals surface area (Å²) in [6, 6.07) is 64.1. The molecule has 0 atom stereocenters. The van der Waals surface area contributed by atoms with Crippen LogP contribution in [-0.2, 0) is 25.5 Å². The summed E-state index contributed by atoms with van der Waals surface area (Å²) in [5, 5.41) is 1.12. The number of pyridine rings is 3. The van der Waals surface area contributed by atoms with Crippen molar-refractivity contribution < 1.29 is 20.1 Å². The summed E-state index contributed by atoms with van der Waals surface area (Å²) >= 11 is 0. The number of fused-ring (bicyclic) bond motifs is 1. The summed E-state index contributed by atoms with van der Waals surface area (Å²) in [6.07, 6.45) is 5.61. The zero-order chi connectivity index (χ0) is 40.1. The van der Waals surface area contributed by atoms with Crippen LogP contribution in [0.15, 0.2) is 182 Å². The van der Waals surface area contributed by atoms with E-state index in [1.54, 1.807) is 0 Å². The standard InChI is InChI=1S/C43H35N2.C12H10N.Ir/c1-29-15-17-31(18-16-29)35-25-34(30-10-6-5-7-11-30)26-36(27-35)38-19-20-39(42-40(38)14-9-22-45-42)32-12-8-13-33(24-32)41-28-37(21-23-44-41)43(2,3)4;1-10-7-8-13-12(9-10)11-5-3-2-4-6-11;/h5-12,14-28H,1-4H3;2-5,7-9H,1H3;/q2*-1;. The molecule has 0 fully saturated rings. The van der Waals surface area contributed by atoms with Gasteiger partial charge in [-0.25, -0.2) is 0 Å². The van der Waals surface area contributed by atoms with E-state index in [1.807, 2.05) is 61.1 Å². The topological polar surface area (TPSA) is 38.7 Å². The number of nitrogens with zero attached hydrogens (tertiary/aromatic N) is 3. The predicted octanol–water partition coefficient (Wildman–Crippen LogP) is 14.2. The fourth-order valence-electron chi connectivity index (χ4n) is 7.21. The van der Waals surface area contributed by atoms with Crippen LogP contribution in [-0.4, -0.2) is 15.0 Å². The molecule has 0 saturated carbocycles. The molecule has 3 nitrogen and oxygen atoms in total. The molecule has 291 valence electrons. The first kappa shape index (κ1) is 40.9. The molecule has 9 aromatic rings. The second kappa shape index (κ2) is 18.1. The number of aromatic nitrogens is 3. The van der Waals surface area contributed by atoms with Crippen molar-refractivity contribution in [2.24, 2.45) is 0 Å². The van der Waals surface area contributed by atoms with Crippen molar-refractivity contribution in [3.8, 4) is 67.0 Å². The Morgan fingerprint density at radius 3 is 1.80 bits per heavy atom. The van der Waals surface area contributed by atoms with Gasteiger partial charge in [0.2, 0.25) is 0 Å². The maximum Gasteiger partial charge on any atom is 0.0770 e. The smallest absolute Gasteiger partial charge is 0.0770 e. The van der Waals surface area contributed by atoms with Crippen molar-refractivity contribution in [2.45, 2.75) is 40.0 Å². The van der Waals surface area contributed by atoms with E-state index >= 15 is 0 Å². The molecule has 59 heavy (non-hydrogen) atoms. The van der Waals surface area contributed by atoms with Crippen molar-refractivity contribution >= 4 is 10.9 Å². The second-order valence-electron chi connectivity index (χ2n) is 15.8. The summed E-state index contributed by atoms with van der Waals surface area (Å²) in [7, 11) is 0. The van der Waals surface area contributed by atoms with Crippen molar-refractivity contribution in [3.63, 3.8) is 0 Å². The van der Waals surface area contributed by atoms with Crippen molar-refractivity contribution in [2.75, 3.05) is 0 Å². The molecule has 6 aromatic carbocycles. The molecular weight excluding hydrogens is 895 g/mol. The van der Waals surface area contributed by atoms with Crippen LogP contribution in [0.4, 0.5) is 0 Å². The first-order chi connectivity index (χ1) is 28.2. The van der Waals surface area contributed by atoms with E-state index < -0.39 is 0 Å². The molecule has 0 aliphatic rings. The van der Waals surface area contributed by atoms with Gasteiger partial charge in [0.1, 0.15) is 0 Å². The Morgan fingerprint density at radius 1 is 0.424 bits per heavy atom. The van der Waals surface area contributed by atoms with Crippen molar-refractivity contribution in [1.82, 2.24) is 15.0 Å². The third-order valence-corrected chi connectivity index (χ3v) is 10.4. The summed E-state index contributed by atoms with van der Waals surface area (Å²) in [5.41, 5.74) is 18.0. The van der Waals surface area contributed by atoms with E-state index in [0.717, 1.165) is 50.1 Å². The van der Waals surface area contributed by atoms with E-state index in [-0.39, 0.29) is 25.5 Å². The van der Waals surface area contributed by atoms with Crippen molar-refractivity contribution in [1.29, 1.82) is 0 Å². The number of rotatable bonds is 6. The predicted molar refractivity (Wildman–Crippen MR) is 242 cm³/mol. The van der Waals surface area contributed by atoms with E-state index in [9.17, 15) is 0 Å². The van der Waals surface area contributed by atoms with Gasteiger partial charge < -0.3 is 9.97 Å². The van der Waals surface area contributed by atoms with Gasteiger partial charge in [0.25, 0.3) is 0 Å². The van der Waals surface area contributed by atoms with Crippen LogP contribution in [0.5, 0.6) is 0 Å². The Labute approximate surface area is 362 Å². The molecule has 0 spiro atoms. The van der Waals surface area contributed by atoms with Crippen LogP contribution >= 0.6 is 0 Å². The summed E-state index contributed by atoms with van der Waals surface area (Å²) in [4.78, 5) is 13.9. The quantitative estimate of drug-likeness (QED) is 0.156. The minimum atomic E-state index is 0. The SMILES string of the molecule is Cc1ccc(-c2cc(-c3ccccc3)cc(-c3ccc(-c4cc[c-]c(-c5cc(C(C)(C)C)ccn5)c4)c4ncccc34)c2)cc1.Cc1ccnc(-c2[c-]cccc2)c1.[Ir]. The zero-order valence-electron chi connectivity index (χ0n) is 34.0. The molecule has 3 heterocycles. The molecule has 9 rings (SSSR count). The average molecular weight is 940 g/mol. The van der Waals surface area contributed by atoms with Crippen LogP contribution in [0.2, 0.25) is 0 Å². The Kier molecular flexibility index (Phi) is 12.5. The monoisotopic (exact) mass is 940 g/mol. The van der Waals surface area contributed by atoms with Crippen LogP contribution in [0.3, 0.4) is 0 Å². The van der Waals surface area contributed by atoms with E-state index in [2.05, 4.69) is 173 Å². The molecule has 0 aliphatic heterocycles. The number of hydrogen-bond donors (Lipinski definition) is 0. The minimum absolute atomic E-state index is 0. The second-order valence-corrected chi connectivity index (χ2v) is 15.8. The summed E-state index contributed by atoms with van der Waals surface area (Å²) < 4.78 is 0. The van der Waals surface area contributed by atoms with Crippen molar-refractivity contribution in [3.05, 3.63) is 211 Å². The number of hydrogen-bond acceptors (Lipinski definition) is 3. The van der Waals surface area contributed by atoms with E-state index in [0.29, 0.717) is 0 Å². The van der Waals surface area contributed by atoms with Gasteiger partial charge in [-0.3, -0.25) is 4.98 Å². The maximum atomic E-state index is 4.94. The van der Waals surface area contributed by atoms with Gasteiger partial charge in [0.05, 0.1) is 5.52 Å². The Bertz CT molecular complexity index is 2820. The fourth-order valence-corrected chi connectivity index (χ4v) is 7.21. The molecule has 0 amide bonds. The third kappa shape index (κ3) is 9.53. The largest absolute Gasteiger partial charge is 0.305 e. The molecule has 0 N–H and O–H groups in total. The molecule has 0 aliphatic carbocycles. The minimum Gasteiger partial charge on any atom is -0.305 e. The Hall–Kier alpha value is -6.32. The first-order valence-corrected chi connectivity index (χ1v) is 19.7. The van der Waals surface area contributed by atoms with Gasteiger partial charge in [-0.2, -0.15) is 0 Å². The zero-order valence-corrected chi connectivity index (χ0v) is 36.4. The van der Waals surface area contributed by atoms with Gasteiger partial charge in [-0.05, 0) is 112 Å². The fraction of sp³-hybridized carbons (Fsp3) is 0.109. The molecule has 0 saturated heterocycles. The van der Waals surface area contributed by atoms with Crippen LogP contribution in [0.25, 0.3) is 77.9 Å². The third-order valence-electron chi connectivity index (χ3n) is 10.4. The summed E-state index contributed by atoms with van der Waals surface area (Å²) in [6.45, 7) is 10.9.